The van der Waals surface area contributed by atoms with Crippen LogP contribution in [0.5, 0.6) is 0 Å². The molecule has 8 nitrogen and oxygen atoms in total. The zero-order chi connectivity index (χ0) is 20.5. The fourth-order valence-electron chi connectivity index (χ4n) is 3.13. The number of aromatic nitrogens is 2. The number of hydrogen-bond donors (Lipinski definition) is 2. The zero-order valence-corrected chi connectivity index (χ0v) is 17.9. The highest BCUT2D eigenvalue weighted by molar-refractivity contribution is 7.11. The zero-order valence-electron chi connectivity index (χ0n) is 17.1. The van der Waals surface area contributed by atoms with Crippen LogP contribution in [0.25, 0.3) is 0 Å². The molecule has 3 rings (SSSR count). The quantitative estimate of drug-likeness (QED) is 0.528. The minimum Gasteiger partial charge on any atom is -0.357 e. The van der Waals surface area contributed by atoms with Crippen LogP contribution in [0.2, 0.25) is 0 Å². The fraction of sp³-hybridized carbons (Fsp3) is 0.500. The summed E-state index contributed by atoms with van der Waals surface area (Å²) in [6.07, 6.45) is 3.94. The molecule has 1 amide bonds. The number of nitrogens with zero attached hydrogens (tertiary/aromatic N) is 5. The maximum Gasteiger partial charge on any atom is 0.225 e. The molecule has 156 valence electrons. The van der Waals surface area contributed by atoms with Crippen molar-refractivity contribution >= 4 is 29.2 Å². The molecule has 0 saturated carbocycles. The molecular formula is C20H29N7OS. The van der Waals surface area contributed by atoms with E-state index in [1.165, 1.54) is 9.75 Å². The maximum atomic E-state index is 12.5. The van der Waals surface area contributed by atoms with E-state index in [1.807, 2.05) is 17.9 Å². The molecule has 0 radical (unpaired) electrons. The Kier molecular flexibility index (Phi) is 7.80. The van der Waals surface area contributed by atoms with Crippen LogP contribution >= 0.6 is 11.3 Å². The molecule has 2 aromatic heterocycles. The van der Waals surface area contributed by atoms with E-state index in [9.17, 15) is 4.79 Å². The minimum absolute atomic E-state index is 0.163. The SMILES string of the molecule is CCNC(=NCc1ccc(C)s1)NCCC(=O)N1CCN(c2ncccn2)CC1. The van der Waals surface area contributed by atoms with Crippen LogP contribution in [-0.2, 0) is 11.3 Å². The summed E-state index contributed by atoms with van der Waals surface area (Å²) in [4.78, 5) is 32.3. The third kappa shape index (κ3) is 6.42. The average Bonchev–Trinajstić information content (AvgIpc) is 3.18. The first-order chi connectivity index (χ1) is 14.2. The van der Waals surface area contributed by atoms with E-state index >= 15 is 0 Å². The van der Waals surface area contributed by atoms with E-state index in [4.69, 9.17) is 0 Å². The van der Waals surface area contributed by atoms with Gasteiger partial charge in [0.15, 0.2) is 5.96 Å². The Bertz CT molecular complexity index is 800. The smallest absolute Gasteiger partial charge is 0.225 e. The number of anilines is 1. The Labute approximate surface area is 176 Å². The van der Waals surface area contributed by atoms with Crippen molar-refractivity contribution in [1.82, 2.24) is 25.5 Å². The highest BCUT2D eigenvalue weighted by Gasteiger charge is 2.22. The van der Waals surface area contributed by atoms with Gasteiger partial charge in [0.2, 0.25) is 11.9 Å². The van der Waals surface area contributed by atoms with E-state index in [-0.39, 0.29) is 5.91 Å². The summed E-state index contributed by atoms with van der Waals surface area (Å²) >= 11 is 1.76. The Hall–Kier alpha value is -2.68. The number of thiophene rings is 1. The first-order valence-electron chi connectivity index (χ1n) is 10.0. The standard InChI is InChI=1S/C20H29N7OS/c1-3-21-19(25-15-17-6-5-16(2)29-17)22-10-7-18(28)26-11-13-27(14-12-26)20-23-8-4-9-24-20/h4-6,8-9H,3,7,10-15H2,1-2H3,(H2,21,22,25). The Morgan fingerprint density at radius 1 is 1.17 bits per heavy atom. The molecule has 0 aliphatic carbocycles. The second-order valence-electron chi connectivity index (χ2n) is 6.80. The maximum absolute atomic E-state index is 12.5. The van der Waals surface area contributed by atoms with Gasteiger partial charge in [-0.15, -0.1) is 11.3 Å². The summed E-state index contributed by atoms with van der Waals surface area (Å²) in [6, 6.07) is 6.03. The highest BCUT2D eigenvalue weighted by atomic mass is 32.1. The lowest BCUT2D eigenvalue weighted by Gasteiger charge is -2.34. The van der Waals surface area contributed by atoms with Gasteiger partial charge in [-0.1, -0.05) is 0 Å². The van der Waals surface area contributed by atoms with E-state index in [2.05, 4.69) is 49.6 Å². The van der Waals surface area contributed by atoms with Crippen molar-refractivity contribution in [3.8, 4) is 0 Å². The minimum atomic E-state index is 0.163. The molecule has 0 atom stereocenters. The molecule has 2 N–H and O–H groups in total. The topological polar surface area (TPSA) is 85.8 Å². The molecule has 1 aliphatic heterocycles. The van der Waals surface area contributed by atoms with Gasteiger partial charge in [-0.2, -0.15) is 0 Å². The third-order valence-electron chi connectivity index (χ3n) is 4.63. The van der Waals surface area contributed by atoms with Crippen molar-refractivity contribution in [3.05, 3.63) is 40.3 Å². The molecule has 1 fully saturated rings. The number of carbonyl (C=O) groups is 1. The lowest BCUT2D eigenvalue weighted by Crippen LogP contribution is -2.50. The lowest BCUT2D eigenvalue weighted by molar-refractivity contribution is -0.131. The lowest BCUT2D eigenvalue weighted by atomic mass is 10.3. The fourth-order valence-corrected chi connectivity index (χ4v) is 3.94. The summed E-state index contributed by atoms with van der Waals surface area (Å²) in [6.45, 7) is 9.04. The van der Waals surface area contributed by atoms with E-state index < -0.39 is 0 Å². The monoisotopic (exact) mass is 415 g/mol. The molecule has 0 aromatic carbocycles. The molecule has 1 saturated heterocycles. The molecule has 0 unspecified atom stereocenters. The number of rotatable bonds is 7. The highest BCUT2D eigenvalue weighted by Crippen LogP contribution is 2.15. The first kappa shape index (κ1) is 21.0. The number of carbonyl (C=O) groups excluding carboxylic acids is 1. The number of aryl methyl sites for hydroxylation is 1. The molecule has 1 aliphatic rings. The molecule has 2 aromatic rings. The van der Waals surface area contributed by atoms with Gasteiger partial charge in [-0.25, -0.2) is 15.0 Å². The molecule has 9 heteroatoms. The van der Waals surface area contributed by atoms with Gasteiger partial charge >= 0.3 is 0 Å². The van der Waals surface area contributed by atoms with Crippen LogP contribution in [0.3, 0.4) is 0 Å². The van der Waals surface area contributed by atoms with E-state index in [0.29, 0.717) is 32.6 Å². The third-order valence-corrected chi connectivity index (χ3v) is 5.62. The molecule has 3 heterocycles. The van der Waals surface area contributed by atoms with Crippen molar-refractivity contribution in [1.29, 1.82) is 0 Å². The molecular weight excluding hydrogens is 386 g/mol. The predicted octanol–water partition coefficient (Wildman–Crippen LogP) is 1.64. The molecule has 0 spiro atoms. The van der Waals surface area contributed by atoms with Crippen molar-refractivity contribution in [3.63, 3.8) is 0 Å². The number of guanidine groups is 1. The van der Waals surface area contributed by atoms with Crippen molar-refractivity contribution < 1.29 is 4.79 Å². The van der Waals surface area contributed by atoms with Crippen LogP contribution in [0, 0.1) is 6.92 Å². The van der Waals surface area contributed by atoms with E-state index in [1.54, 1.807) is 23.7 Å². The van der Waals surface area contributed by atoms with Crippen molar-refractivity contribution in [2.75, 3.05) is 44.2 Å². The summed E-state index contributed by atoms with van der Waals surface area (Å²) < 4.78 is 0. The van der Waals surface area contributed by atoms with Gasteiger partial charge in [0.05, 0.1) is 6.54 Å². The van der Waals surface area contributed by atoms with E-state index in [0.717, 1.165) is 31.5 Å². The van der Waals surface area contributed by atoms with Gasteiger partial charge in [0.25, 0.3) is 0 Å². The number of nitrogens with one attached hydrogen (secondary N) is 2. The predicted molar refractivity (Wildman–Crippen MR) is 117 cm³/mol. The van der Waals surface area contributed by atoms with Gasteiger partial charge < -0.3 is 20.4 Å². The Balaban J connectivity index is 1.41. The van der Waals surface area contributed by atoms with Gasteiger partial charge in [-0.3, -0.25) is 4.79 Å². The Morgan fingerprint density at radius 3 is 2.59 bits per heavy atom. The normalized spacial score (nSPS) is 14.8. The van der Waals surface area contributed by atoms with Crippen molar-refractivity contribution in [2.45, 2.75) is 26.8 Å². The van der Waals surface area contributed by atoms with Gasteiger partial charge in [0.1, 0.15) is 0 Å². The summed E-state index contributed by atoms with van der Waals surface area (Å²) in [5, 5.41) is 6.50. The van der Waals surface area contributed by atoms with Gasteiger partial charge in [-0.05, 0) is 32.0 Å². The largest absolute Gasteiger partial charge is 0.357 e. The van der Waals surface area contributed by atoms with Crippen molar-refractivity contribution in [2.24, 2.45) is 4.99 Å². The average molecular weight is 416 g/mol. The van der Waals surface area contributed by atoms with Crippen LogP contribution in [0.15, 0.2) is 35.6 Å². The second kappa shape index (κ2) is 10.8. The summed E-state index contributed by atoms with van der Waals surface area (Å²) in [5.41, 5.74) is 0. The molecule has 29 heavy (non-hydrogen) atoms. The number of hydrogen-bond acceptors (Lipinski definition) is 6. The summed E-state index contributed by atoms with van der Waals surface area (Å²) in [7, 11) is 0. The number of aliphatic imine (C=N–C) groups is 1. The first-order valence-corrected chi connectivity index (χ1v) is 10.8. The number of amides is 1. The van der Waals surface area contributed by atoms with Gasteiger partial charge in [0, 0.05) is 67.8 Å². The summed E-state index contributed by atoms with van der Waals surface area (Å²) in [5.74, 6) is 1.64. The Morgan fingerprint density at radius 2 is 1.93 bits per heavy atom. The van der Waals surface area contributed by atoms with Crippen LogP contribution < -0.4 is 15.5 Å². The number of piperazine rings is 1. The molecule has 0 bridgehead atoms. The van der Waals surface area contributed by atoms with Crippen LogP contribution in [0.1, 0.15) is 23.1 Å². The van der Waals surface area contributed by atoms with Crippen LogP contribution in [0.4, 0.5) is 5.95 Å². The van der Waals surface area contributed by atoms with Crippen LogP contribution in [-0.4, -0.2) is 66.0 Å². The second-order valence-corrected chi connectivity index (χ2v) is 8.17.